The smallest absolute Gasteiger partial charge is 0.217 e. The Labute approximate surface area is 74.0 Å². The lowest BCUT2D eigenvalue weighted by Gasteiger charge is -1.90. The summed E-state index contributed by atoms with van der Waals surface area (Å²) in [6.07, 6.45) is 1.10. The molecule has 2 nitrogen and oxygen atoms in total. The summed E-state index contributed by atoms with van der Waals surface area (Å²) >= 11 is 7.17. The third-order valence-corrected chi connectivity index (χ3v) is 2.54. The molecule has 0 bridgehead atoms. The fourth-order valence-corrected chi connectivity index (χ4v) is 1.82. The normalized spacial score (nSPS) is 9.91. The zero-order valence-corrected chi connectivity index (χ0v) is 7.41. The number of carbonyl (C=O) groups excluding carboxylic acids is 1. The molecule has 1 aromatic heterocycles. The van der Waals surface area contributed by atoms with Gasteiger partial charge in [-0.15, -0.1) is 11.3 Å². The first-order chi connectivity index (χ1) is 5.18. The summed E-state index contributed by atoms with van der Waals surface area (Å²) in [5.41, 5.74) is 4.98. The van der Waals surface area contributed by atoms with Gasteiger partial charge in [-0.3, -0.25) is 4.79 Å². The van der Waals surface area contributed by atoms with E-state index in [1.807, 2.05) is 12.1 Å². The molecule has 4 heteroatoms. The van der Waals surface area contributed by atoms with Gasteiger partial charge in [0.15, 0.2) is 0 Å². The largest absolute Gasteiger partial charge is 0.370 e. The summed E-state index contributed by atoms with van der Waals surface area (Å²) in [6.45, 7) is 0. The minimum absolute atomic E-state index is 0.269. The van der Waals surface area contributed by atoms with Crippen LogP contribution in [0.1, 0.15) is 11.3 Å². The Morgan fingerprint density at radius 3 is 2.82 bits per heavy atom. The van der Waals surface area contributed by atoms with Crippen molar-refractivity contribution < 1.29 is 4.79 Å². The van der Waals surface area contributed by atoms with Crippen molar-refractivity contribution in [2.24, 2.45) is 5.73 Å². The minimum atomic E-state index is -0.269. The van der Waals surface area contributed by atoms with Crippen LogP contribution in [0.3, 0.4) is 0 Å². The van der Waals surface area contributed by atoms with Gasteiger partial charge in [-0.2, -0.15) is 0 Å². The predicted molar refractivity (Wildman–Crippen MR) is 46.8 cm³/mol. The second kappa shape index (κ2) is 3.74. The number of hydrogen-bond donors (Lipinski definition) is 1. The van der Waals surface area contributed by atoms with Gasteiger partial charge in [0.05, 0.1) is 4.34 Å². The van der Waals surface area contributed by atoms with Crippen molar-refractivity contribution in [1.82, 2.24) is 0 Å². The molecular formula is C7H8ClNOS. The van der Waals surface area contributed by atoms with E-state index in [0.717, 1.165) is 9.21 Å². The van der Waals surface area contributed by atoms with Crippen molar-refractivity contribution in [3.63, 3.8) is 0 Å². The highest BCUT2D eigenvalue weighted by Crippen LogP contribution is 2.22. The molecule has 0 saturated heterocycles. The summed E-state index contributed by atoms with van der Waals surface area (Å²) in [7, 11) is 0. The van der Waals surface area contributed by atoms with Gasteiger partial charge >= 0.3 is 0 Å². The third-order valence-electron chi connectivity index (χ3n) is 1.25. The predicted octanol–water partition coefficient (Wildman–Crippen LogP) is 1.82. The molecule has 60 valence electrons. The molecular weight excluding hydrogens is 182 g/mol. The maximum Gasteiger partial charge on any atom is 0.217 e. The number of aryl methyl sites for hydroxylation is 1. The minimum Gasteiger partial charge on any atom is -0.370 e. The van der Waals surface area contributed by atoms with Crippen LogP contribution in [0.2, 0.25) is 4.34 Å². The second-order valence-electron chi connectivity index (χ2n) is 2.17. The summed E-state index contributed by atoms with van der Waals surface area (Å²) in [4.78, 5) is 11.5. The third kappa shape index (κ3) is 2.91. The summed E-state index contributed by atoms with van der Waals surface area (Å²) in [6, 6.07) is 3.73. The molecule has 2 N–H and O–H groups in total. The second-order valence-corrected chi connectivity index (χ2v) is 3.97. The fourth-order valence-electron chi connectivity index (χ4n) is 0.733. The van der Waals surface area contributed by atoms with E-state index >= 15 is 0 Å². The average molecular weight is 190 g/mol. The zero-order chi connectivity index (χ0) is 8.27. The van der Waals surface area contributed by atoms with Gasteiger partial charge in [0.1, 0.15) is 0 Å². The number of carbonyl (C=O) groups is 1. The highest BCUT2D eigenvalue weighted by atomic mass is 35.5. The van der Waals surface area contributed by atoms with E-state index in [1.54, 1.807) is 0 Å². The molecule has 0 fully saturated rings. The Bertz CT molecular complexity index is 259. The van der Waals surface area contributed by atoms with Gasteiger partial charge in [0.25, 0.3) is 0 Å². The van der Waals surface area contributed by atoms with Crippen LogP contribution in [-0.4, -0.2) is 5.91 Å². The highest BCUT2D eigenvalue weighted by molar-refractivity contribution is 7.16. The van der Waals surface area contributed by atoms with Crippen LogP contribution in [0.4, 0.5) is 0 Å². The molecule has 1 rings (SSSR count). The average Bonchev–Trinajstić information content (AvgIpc) is 2.31. The molecule has 0 saturated carbocycles. The Hall–Kier alpha value is -0.540. The van der Waals surface area contributed by atoms with Crippen molar-refractivity contribution in [3.05, 3.63) is 21.3 Å². The maximum absolute atomic E-state index is 10.4. The van der Waals surface area contributed by atoms with Crippen molar-refractivity contribution in [2.75, 3.05) is 0 Å². The van der Waals surface area contributed by atoms with Crippen LogP contribution in [0.5, 0.6) is 0 Å². The molecule has 0 aliphatic rings. The Balaban J connectivity index is 2.45. The van der Waals surface area contributed by atoms with Gasteiger partial charge in [-0.25, -0.2) is 0 Å². The molecule has 1 amide bonds. The van der Waals surface area contributed by atoms with Crippen molar-refractivity contribution in [3.8, 4) is 0 Å². The van der Waals surface area contributed by atoms with Crippen molar-refractivity contribution >= 4 is 28.8 Å². The van der Waals surface area contributed by atoms with E-state index < -0.39 is 0 Å². The molecule has 1 heterocycles. The monoisotopic (exact) mass is 189 g/mol. The van der Waals surface area contributed by atoms with Crippen LogP contribution in [0.15, 0.2) is 12.1 Å². The maximum atomic E-state index is 10.4. The number of primary amides is 1. The highest BCUT2D eigenvalue weighted by Gasteiger charge is 1.99. The lowest BCUT2D eigenvalue weighted by atomic mass is 10.2. The molecule has 1 aromatic rings. The number of halogens is 1. The zero-order valence-electron chi connectivity index (χ0n) is 5.84. The van der Waals surface area contributed by atoms with E-state index in [4.69, 9.17) is 17.3 Å². The summed E-state index contributed by atoms with van der Waals surface area (Å²) < 4.78 is 0.754. The van der Waals surface area contributed by atoms with Gasteiger partial charge in [0.2, 0.25) is 5.91 Å². The SMILES string of the molecule is NC(=O)CCc1ccc(Cl)s1. The first kappa shape index (κ1) is 8.56. The standard InChI is InChI=1S/C7H8ClNOS/c8-6-3-1-5(11-6)2-4-7(9)10/h1,3H,2,4H2,(H2,9,10). The molecule has 0 spiro atoms. The topological polar surface area (TPSA) is 43.1 Å². The number of nitrogens with two attached hydrogens (primary N) is 1. The summed E-state index contributed by atoms with van der Waals surface area (Å²) in [5, 5.41) is 0. The van der Waals surface area contributed by atoms with E-state index in [2.05, 4.69) is 0 Å². The van der Waals surface area contributed by atoms with Gasteiger partial charge in [-0.1, -0.05) is 11.6 Å². The van der Waals surface area contributed by atoms with Crippen molar-refractivity contribution in [1.29, 1.82) is 0 Å². The van der Waals surface area contributed by atoms with Crippen LogP contribution < -0.4 is 5.73 Å². The summed E-state index contributed by atoms with van der Waals surface area (Å²) in [5.74, 6) is -0.269. The molecule has 0 atom stereocenters. The molecule has 0 unspecified atom stereocenters. The van der Waals surface area contributed by atoms with Crippen molar-refractivity contribution in [2.45, 2.75) is 12.8 Å². The van der Waals surface area contributed by atoms with E-state index in [-0.39, 0.29) is 5.91 Å². The lowest BCUT2D eigenvalue weighted by Crippen LogP contribution is -2.10. The van der Waals surface area contributed by atoms with E-state index in [9.17, 15) is 4.79 Å². The Kier molecular flexibility index (Phi) is 2.91. The van der Waals surface area contributed by atoms with Crippen LogP contribution in [0.25, 0.3) is 0 Å². The van der Waals surface area contributed by atoms with Gasteiger partial charge < -0.3 is 5.73 Å². The number of thiophene rings is 1. The molecule has 0 aliphatic heterocycles. The number of rotatable bonds is 3. The Morgan fingerprint density at radius 1 is 1.64 bits per heavy atom. The van der Waals surface area contributed by atoms with Crippen LogP contribution in [0, 0.1) is 0 Å². The first-order valence-corrected chi connectivity index (χ1v) is 4.40. The number of amides is 1. The molecule has 0 aromatic carbocycles. The molecule has 0 aliphatic carbocycles. The quantitative estimate of drug-likeness (QED) is 0.775. The van der Waals surface area contributed by atoms with E-state index in [0.29, 0.717) is 12.8 Å². The number of hydrogen-bond acceptors (Lipinski definition) is 2. The first-order valence-electron chi connectivity index (χ1n) is 3.21. The van der Waals surface area contributed by atoms with Gasteiger partial charge in [0, 0.05) is 11.3 Å². The lowest BCUT2D eigenvalue weighted by molar-refractivity contribution is -0.117. The fraction of sp³-hybridized carbons (Fsp3) is 0.286. The van der Waals surface area contributed by atoms with Gasteiger partial charge in [-0.05, 0) is 18.6 Å². The Morgan fingerprint density at radius 2 is 2.36 bits per heavy atom. The van der Waals surface area contributed by atoms with Crippen LogP contribution in [-0.2, 0) is 11.2 Å². The van der Waals surface area contributed by atoms with Crippen LogP contribution >= 0.6 is 22.9 Å². The molecule has 11 heavy (non-hydrogen) atoms. The molecule has 0 radical (unpaired) electrons. The van der Waals surface area contributed by atoms with E-state index in [1.165, 1.54) is 11.3 Å².